The molecule has 0 saturated carbocycles. The molecule has 6 unspecified atom stereocenters. The van der Waals surface area contributed by atoms with Crippen molar-refractivity contribution < 1.29 is 44.2 Å². The van der Waals surface area contributed by atoms with Gasteiger partial charge in [0.25, 0.3) is 0 Å². The van der Waals surface area contributed by atoms with Gasteiger partial charge in [0.2, 0.25) is 0 Å². The van der Waals surface area contributed by atoms with Crippen molar-refractivity contribution in [2.75, 3.05) is 26.4 Å². The van der Waals surface area contributed by atoms with Crippen molar-refractivity contribution in [3.8, 4) is 0 Å². The minimum absolute atomic E-state index is 0.125. The number of aliphatic hydroxyl groups excluding tert-OH is 4. The van der Waals surface area contributed by atoms with Crippen LogP contribution < -0.4 is 0 Å². The summed E-state index contributed by atoms with van der Waals surface area (Å²) in [5, 5.41) is 40.2. The number of rotatable bonds is 46. The first-order valence-corrected chi connectivity index (χ1v) is 26.7. The molecule has 1 rings (SSSR count). The van der Waals surface area contributed by atoms with Gasteiger partial charge in [0, 0.05) is 13.0 Å². The zero-order valence-electron chi connectivity index (χ0n) is 41.3. The van der Waals surface area contributed by atoms with Crippen LogP contribution in [-0.2, 0) is 23.7 Å². The highest BCUT2D eigenvalue weighted by Crippen LogP contribution is 2.23. The van der Waals surface area contributed by atoms with Crippen LogP contribution in [0, 0.1) is 0 Å². The van der Waals surface area contributed by atoms with Gasteiger partial charge < -0.3 is 39.4 Å². The van der Waals surface area contributed by atoms with Gasteiger partial charge in [0.15, 0.2) is 6.29 Å². The van der Waals surface area contributed by atoms with Crippen molar-refractivity contribution in [1.82, 2.24) is 0 Å². The zero-order valence-corrected chi connectivity index (χ0v) is 41.3. The van der Waals surface area contributed by atoms with Gasteiger partial charge in [-0.2, -0.15) is 0 Å². The maximum absolute atomic E-state index is 12.8. The monoisotopic (exact) mass is 905 g/mol. The molecule has 0 radical (unpaired) electrons. The number of carbonyl (C=O) groups is 1. The molecular weight excluding hydrogens is 805 g/mol. The first kappa shape index (κ1) is 60.2. The van der Waals surface area contributed by atoms with Crippen LogP contribution in [0.15, 0.2) is 48.6 Å². The molecule has 0 aromatic rings. The van der Waals surface area contributed by atoms with E-state index in [4.69, 9.17) is 18.9 Å². The van der Waals surface area contributed by atoms with Crippen LogP contribution in [0.25, 0.3) is 0 Å². The molecule has 0 aromatic carbocycles. The summed E-state index contributed by atoms with van der Waals surface area (Å²) < 4.78 is 22.9. The fraction of sp³-hybridized carbons (Fsp3) is 0.836. The summed E-state index contributed by atoms with van der Waals surface area (Å²) in [4.78, 5) is 12.8. The Balaban J connectivity index is 2.17. The SMILES string of the molecule is CC/C=C\C/C=C\C/C=C\C/C=C\CCCCCOCC(COC1OC(CO)C(O)C(O)C1O)OC(=O)CCCCCCCCCCCCCCCCCCCCCCCCCCC. The lowest BCUT2D eigenvalue weighted by atomic mass is 9.99. The number of hydrogen-bond donors (Lipinski definition) is 4. The quantitative estimate of drug-likeness (QED) is 0.0267. The predicted molar refractivity (Wildman–Crippen MR) is 265 cm³/mol. The number of aliphatic hydroxyl groups is 4. The molecule has 0 spiro atoms. The van der Waals surface area contributed by atoms with E-state index in [0.717, 1.165) is 70.6 Å². The second-order valence-corrected chi connectivity index (χ2v) is 18.3. The smallest absolute Gasteiger partial charge is 0.306 e. The summed E-state index contributed by atoms with van der Waals surface area (Å²) in [6.45, 7) is 4.40. The van der Waals surface area contributed by atoms with E-state index >= 15 is 0 Å². The molecule has 0 bridgehead atoms. The van der Waals surface area contributed by atoms with E-state index in [9.17, 15) is 25.2 Å². The van der Waals surface area contributed by atoms with E-state index in [-0.39, 0.29) is 19.2 Å². The second-order valence-electron chi connectivity index (χ2n) is 18.3. The summed E-state index contributed by atoms with van der Waals surface area (Å²) >= 11 is 0. The van der Waals surface area contributed by atoms with Crippen LogP contribution in [0.2, 0.25) is 0 Å². The number of allylic oxidation sites excluding steroid dienone is 8. The average molecular weight is 905 g/mol. The molecule has 1 heterocycles. The van der Waals surface area contributed by atoms with Crippen molar-refractivity contribution in [1.29, 1.82) is 0 Å². The van der Waals surface area contributed by atoms with E-state index in [1.807, 2.05) is 0 Å². The second kappa shape index (κ2) is 46.3. The number of ether oxygens (including phenoxy) is 4. The fourth-order valence-corrected chi connectivity index (χ4v) is 8.13. The highest BCUT2D eigenvalue weighted by atomic mass is 16.7. The van der Waals surface area contributed by atoms with Crippen LogP contribution >= 0.6 is 0 Å². The van der Waals surface area contributed by atoms with Gasteiger partial charge in [-0.3, -0.25) is 4.79 Å². The van der Waals surface area contributed by atoms with Gasteiger partial charge in [-0.05, 0) is 51.4 Å². The molecule has 1 saturated heterocycles. The van der Waals surface area contributed by atoms with Gasteiger partial charge in [-0.15, -0.1) is 0 Å². The number of esters is 1. The molecule has 64 heavy (non-hydrogen) atoms. The Labute approximate surface area is 392 Å². The molecule has 4 N–H and O–H groups in total. The van der Waals surface area contributed by atoms with Gasteiger partial charge in [0.05, 0.1) is 19.8 Å². The normalized spacial score (nSPS) is 19.9. The average Bonchev–Trinajstić information content (AvgIpc) is 3.30. The minimum Gasteiger partial charge on any atom is -0.457 e. The third-order valence-corrected chi connectivity index (χ3v) is 12.3. The Morgan fingerprint density at radius 2 is 0.953 bits per heavy atom. The van der Waals surface area contributed by atoms with Crippen LogP contribution in [0.1, 0.15) is 232 Å². The summed E-state index contributed by atoms with van der Waals surface area (Å²) in [6.07, 6.45) is 51.6. The molecular formula is C55H100O9. The van der Waals surface area contributed by atoms with E-state index in [1.165, 1.54) is 141 Å². The first-order chi connectivity index (χ1) is 31.4. The standard InChI is InChI=1S/C55H100O9/c1-3-5-7-9-11-13-15-17-19-21-22-23-24-25-26-27-28-29-30-32-34-36-38-40-42-44-51(57)63-49(48-62-55-54(60)53(59)52(58)50(46-56)64-55)47-61-45-43-41-39-37-35-33-31-20-18-16-14-12-10-8-6-4-2/h6,8,12,14,18,20,33,35,49-50,52-56,58-60H,3-5,7,9-11,13,15-17,19,21-32,34,36-48H2,1-2H3/b8-6-,14-12-,20-18-,35-33-. The minimum atomic E-state index is -1.54. The van der Waals surface area contributed by atoms with Crippen molar-refractivity contribution in [2.24, 2.45) is 0 Å². The molecule has 1 fully saturated rings. The fourth-order valence-electron chi connectivity index (χ4n) is 8.13. The molecule has 6 atom stereocenters. The molecule has 0 amide bonds. The first-order valence-electron chi connectivity index (χ1n) is 26.7. The van der Waals surface area contributed by atoms with Crippen molar-refractivity contribution in [3.63, 3.8) is 0 Å². The van der Waals surface area contributed by atoms with E-state index in [2.05, 4.69) is 62.5 Å². The maximum atomic E-state index is 12.8. The largest absolute Gasteiger partial charge is 0.457 e. The van der Waals surface area contributed by atoms with E-state index in [1.54, 1.807) is 0 Å². The highest BCUT2D eigenvalue weighted by Gasteiger charge is 2.44. The molecule has 0 aromatic heterocycles. The molecule has 1 aliphatic rings. The summed E-state index contributed by atoms with van der Waals surface area (Å²) in [5.74, 6) is -0.321. The van der Waals surface area contributed by atoms with Gasteiger partial charge in [-0.25, -0.2) is 0 Å². The Kier molecular flexibility index (Phi) is 43.5. The van der Waals surface area contributed by atoms with Gasteiger partial charge in [0.1, 0.15) is 30.5 Å². The number of hydrogen-bond acceptors (Lipinski definition) is 9. The predicted octanol–water partition coefficient (Wildman–Crippen LogP) is 13.3. The molecule has 9 nitrogen and oxygen atoms in total. The summed E-state index contributed by atoms with van der Waals surface area (Å²) in [5.41, 5.74) is 0. The van der Waals surface area contributed by atoms with Crippen LogP contribution in [-0.4, -0.2) is 89.6 Å². The highest BCUT2D eigenvalue weighted by molar-refractivity contribution is 5.69. The van der Waals surface area contributed by atoms with Crippen LogP contribution in [0.4, 0.5) is 0 Å². The van der Waals surface area contributed by atoms with Gasteiger partial charge >= 0.3 is 5.97 Å². The zero-order chi connectivity index (χ0) is 46.4. The maximum Gasteiger partial charge on any atom is 0.306 e. The topological polar surface area (TPSA) is 135 Å². The molecule has 1 aliphatic heterocycles. The Morgan fingerprint density at radius 1 is 0.516 bits per heavy atom. The lowest BCUT2D eigenvalue weighted by molar-refractivity contribution is -0.305. The lowest BCUT2D eigenvalue weighted by Gasteiger charge is -2.39. The van der Waals surface area contributed by atoms with Crippen molar-refractivity contribution in [2.45, 2.75) is 269 Å². The Morgan fingerprint density at radius 3 is 1.42 bits per heavy atom. The summed E-state index contributed by atoms with van der Waals surface area (Å²) in [6, 6.07) is 0. The van der Waals surface area contributed by atoms with E-state index in [0.29, 0.717) is 13.0 Å². The Hall–Kier alpha value is -1.85. The number of unbranched alkanes of at least 4 members (excludes halogenated alkanes) is 27. The van der Waals surface area contributed by atoms with Crippen LogP contribution in [0.5, 0.6) is 0 Å². The lowest BCUT2D eigenvalue weighted by Crippen LogP contribution is -2.59. The van der Waals surface area contributed by atoms with Crippen LogP contribution in [0.3, 0.4) is 0 Å². The molecule has 374 valence electrons. The van der Waals surface area contributed by atoms with E-state index < -0.39 is 43.4 Å². The summed E-state index contributed by atoms with van der Waals surface area (Å²) in [7, 11) is 0. The molecule has 9 heteroatoms. The van der Waals surface area contributed by atoms with Crippen molar-refractivity contribution >= 4 is 5.97 Å². The number of carbonyl (C=O) groups excluding carboxylic acids is 1. The van der Waals surface area contributed by atoms with Crippen molar-refractivity contribution in [3.05, 3.63) is 48.6 Å². The molecule has 0 aliphatic carbocycles. The third kappa shape index (κ3) is 36.3. The third-order valence-electron chi connectivity index (χ3n) is 12.3. The van der Waals surface area contributed by atoms with Gasteiger partial charge in [-0.1, -0.05) is 223 Å². The Bertz CT molecular complexity index is 1120.